The number of nitrogens with zero attached hydrogens (tertiary/aromatic N) is 1. The molecule has 0 aliphatic carbocycles. The number of benzene rings is 2. The summed E-state index contributed by atoms with van der Waals surface area (Å²) in [5, 5.41) is 6.26. The normalized spacial score (nSPS) is 10.3. The molecule has 0 saturated carbocycles. The van der Waals surface area contributed by atoms with E-state index in [0.29, 0.717) is 35.1 Å². The van der Waals surface area contributed by atoms with Gasteiger partial charge in [-0.05, 0) is 49.4 Å². The van der Waals surface area contributed by atoms with Crippen molar-refractivity contribution < 1.29 is 23.8 Å². The maximum atomic E-state index is 11.9. The van der Waals surface area contributed by atoms with Crippen LogP contribution in [0.1, 0.15) is 12.5 Å². The molecule has 0 bridgehead atoms. The third-order valence-electron chi connectivity index (χ3n) is 3.44. The summed E-state index contributed by atoms with van der Waals surface area (Å²) >= 11 is 0. The Morgan fingerprint density at radius 2 is 1.70 bits per heavy atom. The lowest BCUT2D eigenvalue weighted by atomic mass is 10.2. The molecule has 0 atom stereocenters. The number of hydrogen-bond donors (Lipinski definition) is 2. The maximum absolute atomic E-state index is 11.9. The van der Waals surface area contributed by atoms with Crippen molar-refractivity contribution in [3.8, 4) is 17.2 Å². The monoisotopic (exact) mass is 371 g/mol. The quantitative estimate of drug-likeness (QED) is 0.442. The number of nitrogens with one attached hydrogen (secondary N) is 2. The largest absolute Gasteiger partial charge is 0.497 e. The van der Waals surface area contributed by atoms with E-state index in [2.05, 4.69) is 15.8 Å². The van der Waals surface area contributed by atoms with Crippen molar-refractivity contribution >= 4 is 23.7 Å². The van der Waals surface area contributed by atoms with Gasteiger partial charge in [0.05, 0.1) is 27.0 Å². The van der Waals surface area contributed by atoms with E-state index in [-0.39, 0.29) is 0 Å². The van der Waals surface area contributed by atoms with Crippen molar-refractivity contribution in [3.63, 3.8) is 0 Å². The molecular weight excluding hydrogens is 350 g/mol. The molecule has 2 N–H and O–H groups in total. The third kappa shape index (κ3) is 5.74. The fraction of sp³-hybridized carbons (Fsp3) is 0.211. The zero-order chi connectivity index (χ0) is 19.6. The van der Waals surface area contributed by atoms with Gasteiger partial charge in [-0.15, -0.1) is 0 Å². The van der Waals surface area contributed by atoms with Gasteiger partial charge in [-0.2, -0.15) is 5.10 Å². The first-order valence-corrected chi connectivity index (χ1v) is 8.16. The van der Waals surface area contributed by atoms with Gasteiger partial charge in [-0.3, -0.25) is 9.59 Å². The van der Waals surface area contributed by atoms with Crippen LogP contribution in [-0.2, 0) is 9.59 Å². The van der Waals surface area contributed by atoms with Crippen LogP contribution in [0.5, 0.6) is 17.2 Å². The van der Waals surface area contributed by atoms with Crippen LogP contribution in [0.4, 0.5) is 5.69 Å². The number of hydrogen-bond acceptors (Lipinski definition) is 6. The van der Waals surface area contributed by atoms with Crippen LogP contribution in [0.25, 0.3) is 0 Å². The lowest BCUT2D eigenvalue weighted by Gasteiger charge is -2.07. The summed E-state index contributed by atoms with van der Waals surface area (Å²) in [5.74, 6) is 0.0946. The van der Waals surface area contributed by atoms with E-state index in [9.17, 15) is 9.59 Å². The van der Waals surface area contributed by atoms with Gasteiger partial charge in [-0.1, -0.05) is 0 Å². The van der Waals surface area contributed by atoms with E-state index in [1.54, 1.807) is 42.5 Å². The molecule has 0 radical (unpaired) electrons. The lowest BCUT2D eigenvalue weighted by Crippen LogP contribution is -2.32. The average Bonchev–Trinajstić information content (AvgIpc) is 2.69. The zero-order valence-corrected chi connectivity index (χ0v) is 15.3. The second kappa shape index (κ2) is 9.81. The van der Waals surface area contributed by atoms with Crippen LogP contribution in [0.3, 0.4) is 0 Å². The van der Waals surface area contributed by atoms with Gasteiger partial charge in [0.2, 0.25) is 0 Å². The summed E-state index contributed by atoms with van der Waals surface area (Å²) in [6.45, 7) is 2.42. The Balaban J connectivity index is 1.94. The topological polar surface area (TPSA) is 98.2 Å². The van der Waals surface area contributed by atoms with Gasteiger partial charge in [-0.25, -0.2) is 5.43 Å². The molecule has 8 nitrogen and oxygen atoms in total. The van der Waals surface area contributed by atoms with Gasteiger partial charge in [0, 0.05) is 11.3 Å². The van der Waals surface area contributed by atoms with Crippen molar-refractivity contribution in [2.45, 2.75) is 6.92 Å². The first kappa shape index (κ1) is 19.8. The molecule has 8 heteroatoms. The third-order valence-corrected chi connectivity index (χ3v) is 3.44. The zero-order valence-electron chi connectivity index (χ0n) is 15.3. The molecule has 0 aromatic heterocycles. The van der Waals surface area contributed by atoms with E-state index in [0.717, 1.165) is 0 Å². The minimum absolute atomic E-state index is 0.469. The van der Waals surface area contributed by atoms with Crippen LogP contribution < -0.4 is 25.0 Å². The lowest BCUT2D eigenvalue weighted by molar-refractivity contribution is -0.136. The molecule has 0 spiro atoms. The minimum atomic E-state index is -0.901. The highest BCUT2D eigenvalue weighted by Crippen LogP contribution is 2.22. The SMILES string of the molecule is CCOc1ccc(NC(=O)C(=O)N/N=C\c2cc(OC)ccc2OC)cc1. The van der Waals surface area contributed by atoms with Crippen molar-refractivity contribution in [1.29, 1.82) is 0 Å². The van der Waals surface area contributed by atoms with E-state index >= 15 is 0 Å². The number of rotatable bonds is 7. The summed E-state index contributed by atoms with van der Waals surface area (Å²) in [7, 11) is 3.05. The van der Waals surface area contributed by atoms with E-state index in [1.165, 1.54) is 20.4 Å². The molecule has 0 saturated heterocycles. The summed E-state index contributed by atoms with van der Waals surface area (Å²) < 4.78 is 15.7. The number of carbonyl (C=O) groups excluding carboxylic acids is 2. The summed E-state index contributed by atoms with van der Waals surface area (Å²) in [4.78, 5) is 23.8. The summed E-state index contributed by atoms with van der Waals surface area (Å²) in [5.41, 5.74) is 3.23. The molecule has 2 aromatic carbocycles. The molecule has 0 heterocycles. The van der Waals surface area contributed by atoms with Gasteiger partial charge in [0.25, 0.3) is 0 Å². The van der Waals surface area contributed by atoms with E-state index < -0.39 is 11.8 Å². The van der Waals surface area contributed by atoms with Crippen LogP contribution in [0, 0.1) is 0 Å². The second-order valence-electron chi connectivity index (χ2n) is 5.22. The Hall–Kier alpha value is -3.55. The average molecular weight is 371 g/mol. The Bertz CT molecular complexity index is 819. The van der Waals surface area contributed by atoms with Crippen LogP contribution in [-0.4, -0.2) is 38.9 Å². The number of amides is 2. The highest BCUT2D eigenvalue weighted by atomic mass is 16.5. The summed E-state index contributed by atoms with van der Waals surface area (Å²) in [6, 6.07) is 11.8. The standard InChI is InChI=1S/C19H21N3O5/c1-4-27-15-7-5-14(6-8-15)21-18(23)19(24)22-20-12-13-11-16(25-2)9-10-17(13)26-3/h5-12H,4H2,1-3H3,(H,21,23)(H,22,24)/b20-12-. The smallest absolute Gasteiger partial charge is 0.329 e. The first-order chi connectivity index (χ1) is 13.1. The van der Waals surface area contributed by atoms with Crippen molar-refractivity contribution in [2.75, 3.05) is 26.1 Å². The molecule has 2 rings (SSSR count). The van der Waals surface area contributed by atoms with Gasteiger partial charge in [0.1, 0.15) is 17.2 Å². The molecule has 0 aliphatic heterocycles. The number of hydrazone groups is 1. The van der Waals surface area contributed by atoms with E-state index in [4.69, 9.17) is 14.2 Å². The van der Waals surface area contributed by atoms with Crippen LogP contribution in [0.2, 0.25) is 0 Å². The number of carbonyl (C=O) groups is 2. The molecule has 142 valence electrons. The van der Waals surface area contributed by atoms with Gasteiger partial charge < -0.3 is 19.5 Å². The highest BCUT2D eigenvalue weighted by molar-refractivity contribution is 6.39. The molecular formula is C19H21N3O5. The second-order valence-corrected chi connectivity index (χ2v) is 5.22. The van der Waals surface area contributed by atoms with Gasteiger partial charge in [0.15, 0.2) is 0 Å². The Kier molecular flexibility index (Phi) is 7.18. The molecule has 0 aliphatic rings. The fourth-order valence-electron chi connectivity index (χ4n) is 2.14. The molecule has 2 amide bonds. The number of methoxy groups -OCH3 is 2. The Labute approximate surface area is 157 Å². The predicted octanol–water partition coefficient (Wildman–Crippen LogP) is 2.19. The Morgan fingerprint density at radius 3 is 2.33 bits per heavy atom. The van der Waals surface area contributed by atoms with Gasteiger partial charge >= 0.3 is 11.8 Å². The van der Waals surface area contributed by atoms with E-state index in [1.807, 2.05) is 6.92 Å². The number of ether oxygens (including phenoxy) is 3. The predicted molar refractivity (Wildman–Crippen MR) is 102 cm³/mol. The van der Waals surface area contributed by atoms with Crippen LogP contribution >= 0.6 is 0 Å². The molecule has 2 aromatic rings. The molecule has 0 unspecified atom stereocenters. The van der Waals surface area contributed by atoms with Crippen molar-refractivity contribution in [2.24, 2.45) is 5.10 Å². The number of anilines is 1. The highest BCUT2D eigenvalue weighted by Gasteiger charge is 2.13. The Morgan fingerprint density at radius 1 is 1.00 bits per heavy atom. The van der Waals surface area contributed by atoms with Crippen molar-refractivity contribution in [3.05, 3.63) is 48.0 Å². The van der Waals surface area contributed by atoms with Crippen molar-refractivity contribution in [1.82, 2.24) is 5.43 Å². The molecule has 27 heavy (non-hydrogen) atoms. The summed E-state index contributed by atoms with van der Waals surface area (Å²) in [6.07, 6.45) is 1.36. The fourth-order valence-corrected chi connectivity index (χ4v) is 2.14. The first-order valence-electron chi connectivity index (χ1n) is 8.16. The molecule has 0 fully saturated rings. The minimum Gasteiger partial charge on any atom is -0.497 e. The maximum Gasteiger partial charge on any atom is 0.329 e. The van der Waals surface area contributed by atoms with Crippen LogP contribution in [0.15, 0.2) is 47.6 Å².